The van der Waals surface area contributed by atoms with E-state index >= 15 is 0 Å². The van der Waals surface area contributed by atoms with Crippen LogP contribution >= 0.6 is 43.5 Å². The number of benzene rings is 1. The lowest BCUT2D eigenvalue weighted by Crippen LogP contribution is -2.13. The molecule has 0 bridgehead atoms. The summed E-state index contributed by atoms with van der Waals surface area (Å²) in [4.78, 5) is 12.0. The molecule has 0 saturated carbocycles. The van der Waals surface area contributed by atoms with Gasteiger partial charge in [0.1, 0.15) is 11.4 Å². The first-order valence-electron chi connectivity index (χ1n) is 4.73. The van der Waals surface area contributed by atoms with Gasteiger partial charge in [-0.25, -0.2) is 0 Å². The number of H-pyrrole nitrogens is 1. The van der Waals surface area contributed by atoms with Crippen LogP contribution in [0.15, 0.2) is 27.3 Å². The highest BCUT2D eigenvalue weighted by molar-refractivity contribution is 9.11. The lowest BCUT2D eigenvalue weighted by Gasteiger charge is -2.09. The Bertz CT molecular complexity index is 591. The summed E-state index contributed by atoms with van der Waals surface area (Å²) in [5.74, 6) is -0.140. The van der Waals surface area contributed by atoms with Gasteiger partial charge in [-0.2, -0.15) is 5.10 Å². The largest absolute Gasteiger partial charge is 0.383 e. The van der Waals surface area contributed by atoms with Crippen LogP contribution in [0.25, 0.3) is 0 Å². The number of aromatic amines is 1. The first-order chi connectivity index (χ1) is 8.49. The van der Waals surface area contributed by atoms with E-state index in [9.17, 15) is 4.79 Å². The fourth-order valence-electron chi connectivity index (χ4n) is 1.32. The van der Waals surface area contributed by atoms with E-state index in [0.29, 0.717) is 19.7 Å². The molecule has 5 nitrogen and oxygen atoms in total. The van der Waals surface area contributed by atoms with Crippen molar-refractivity contribution in [2.75, 3.05) is 11.1 Å². The summed E-state index contributed by atoms with van der Waals surface area (Å²) in [5, 5.41) is 9.45. The Morgan fingerprint density at radius 1 is 1.39 bits per heavy atom. The number of halogens is 3. The normalized spacial score (nSPS) is 10.4. The van der Waals surface area contributed by atoms with Gasteiger partial charge in [-0.1, -0.05) is 11.6 Å². The van der Waals surface area contributed by atoms with Crippen molar-refractivity contribution in [3.8, 4) is 0 Å². The third-order valence-corrected chi connectivity index (χ3v) is 3.63. The molecule has 0 unspecified atom stereocenters. The molecule has 1 aromatic heterocycles. The van der Waals surface area contributed by atoms with Gasteiger partial charge in [0.05, 0.1) is 11.9 Å². The predicted octanol–water partition coefficient (Wildman–Crippen LogP) is 3.42. The second-order valence-corrected chi connectivity index (χ2v) is 5.54. The first-order valence-corrected chi connectivity index (χ1v) is 6.70. The summed E-state index contributed by atoms with van der Waals surface area (Å²) in [6, 6.07) is 3.36. The monoisotopic (exact) mass is 392 g/mol. The Morgan fingerprint density at radius 3 is 2.50 bits per heavy atom. The van der Waals surface area contributed by atoms with Crippen LogP contribution in [0.5, 0.6) is 0 Å². The predicted molar refractivity (Wildman–Crippen MR) is 77.8 cm³/mol. The lowest BCUT2D eigenvalue weighted by molar-refractivity contribution is 0.102. The molecule has 0 spiro atoms. The van der Waals surface area contributed by atoms with E-state index in [0.717, 1.165) is 0 Å². The molecule has 1 heterocycles. The summed E-state index contributed by atoms with van der Waals surface area (Å²) < 4.78 is 1.33. The van der Waals surface area contributed by atoms with Crippen molar-refractivity contribution in [1.82, 2.24) is 10.2 Å². The quantitative estimate of drug-likeness (QED) is 0.730. The van der Waals surface area contributed by atoms with Crippen LogP contribution in [0.3, 0.4) is 0 Å². The molecular formula is C10H7Br2ClN4O. The van der Waals surface area contributed by atoms with Crippen molar-refractivity contribution in [2.45, 2.75) is 0 Å². The molecular weight excluding hydrogens is 387 g/mol. The number of hydrogen-bond donors (Lipinski definition) is 3. The molecule has 1 aromatic carbocycles. The minimum absolute atomic E-state index is 0.216. The van der Waals surface area contributed by atoms with E-state index in [1.807, 2.05) is 0 Å². The van der Waals surface area contributed by atoms with Crippen molar-refractivity contribution in [3.05, 3.63) is 37.9 Å². The molecule has 0 aliphatic heterocycles. The maximum Gasteiger partial charge on any atom is 0.261 e. The number of aromatic nitrogens is 2. The molecule has 1 amide bonds. The average molecular weight is 394 g/mol. The van der Waals surface area contributed by atoms with E-state index in [1.54, 1.807) is 12.1 Å². The van der Waals surface area contributed by atoms with Gasteiger partial charge in [-0.15, -0.1) is 0 Å². The molecule has 2 aromatic rings. The van der Waals surface area contributed by atoms with Gasteiger partial charge in [0.25, 0.3) is 5.91 Å². The SMILES string of the molecule is Nc1[nH]ncc1C(=O)Nc1c(Br)cc(Cl)cc1Br. The number of rotatable bonds is 2. The Balaban J connectivity index is 2.31. The first kappa shape index (κ1) is 13.4. The summed E-state index contributed by atoms with van der Waals surface area (Å²) in [6.07, 6.45) is 1.36. The van der Waals surface area contributed by atoms with E-state index in [1.165, 1.54) is 6.20 Å². The molecule has 0 aliphatic rings. The molecule has 0 aliphatic carbocycles. The van der Waals surface area contributed by atoms with Crippen molar-refractivity contribution in [2.24, 2.45) is 0 Å². The minimum Gasteiger partial charge on any atom is -0.383 e. The number of carbonyl (C=O) groups is 1. The zero-order valence-corrected chi connectivity index (χ0v) is 12.7. The standard InChI is InChI=1S/C10H7Br2ClN4O/c11-6-1-4(13)2-7(12)8(6)16-10(18)5-3-15-17-9(5)14/h1-3H,(H,16,18)(H3,14,15,17). The Kier molecular flexibility index (Phi) is 3.94. The second kappa shape index (κ2) is 5.29. The highest BCUT2D eigenvalue weighted by Gasteiger charge is 2.15. The van der Waals surface area contributed by atoms with Crippen LogP contribution < -0.4 is 11.1 Å². The van der Waals surface area contributed by atoms with Gasteiger partial charge >= 0.3 is 0 Å². The number of nitrogen functional groups attached to an aromatic ring is 1. The van der Waals surface area contributed by atoms with E-state index in [4.69, 9.17) is 17.3 Å². The van der Waals surface area contributed by atoms with Crippen molar-refractivity contribution < 1.29 is 4.79 Å². The van der Waals surface area contributed by atoms with Crippen LogP contribution in [0.1, 0.15) is 10.4 Å². The van der Waals surface area contributed by atoms with Crippen LogP contribution in [0.4, 0.5) is 11.5 Å². The van der Waals surface area contributed by atoms with Crippen molar-refractivity contribution in [3.63, 3.8) is 0 Å². The molecule has 4 N–H and O–H groups in total. The fourth-order valence-corrected chi connectivity index (χ4v) is 3.19. The molecule has 2 rings (SSSR count). The Hall–Kier alpha value is -1.05. The fraction of sp³-hybridized carbons (Fsp3) is 0. The number of nitrogens with zero attached hydrogens (tertiary/aromatic N) is 1. The van der Waals surface area contributed by atoms with Crippen LogP contribution in [0.2, 0.25) is 5.02 Å². The maximum absolute atomic E-state index is 12.0. The Morgan fingerprint density at radius 2 is 2.00 bits per heavy atom. The third-order valence-electron chi connectivity index (χ3n) is 2.16. The van der Waals surface area contributed by atoms with Crippen LogP contribution in [-0.4, -0.2) is 16.1 Å². The van der Waals surface area contributed by atoms with Crippen molar-refractivity contribution in [1.29, 1.82) is 0 Å². The lowest BCUT2D eigenvalue weighted by atomic mass is 10.2. The molecule has 18 heavy (non-hydrogen) atoms. The molecule has 0 atom stereocenters. The number of nitrogens with one attached hydrogen (secondary N) is 2. The molecule has 94 valence electrons. The smallest absolute Gasteiger partial charge is 0.261 e. The van der Waals surface area contributed by atoms with Gasteiger partial charge < -0.3 is 11.1 Å². The summed E-state index contributed by atoms with van der Waals surface area (Å²) in [7, 11) is 0. The number of nitrogens with two attached hydrogens (primary N) is 1. The van der Waals surface area contributed by atoms with Gasteiger partial charge in [0, 0.05) is 14.0 Å². The number of anilines is 2. The van der Waals surface area contributed by atoms with Crippen LogP contribution in [0, 0.1) is 0 Å². The van der Waals surface area contributed by atoms with Gasteiger partial charge in [0.2, 0.25) is 0 Å². The van der Waals surface area contributed by atoms with Gasteiger partial charge in [-0.05, 0) is 44.0 Å². The van der Waals surface area contributed by atoms with Crippen molar-refractivity contribution >= 4 is 60.9 Å². The topological polar surface area (TPSA) is 83.8 Å². The molecule has 0 radical (unpaired) electrons. The highest BCUT2D eigenvalue weighted by Crippen LogP contribution is 2.34. The zero-order chi connectivity index (χ0) is 13.3. The molecule has 8 heteroatoms. The van der Waals surface area contributed by atoms with E-state index < -0.39 is 0 Å². The van der Waals surface area contributed by atoms with E-state index in [-0.39, 0.29) is 17.3 Å². The summed E-state index contributed by atoms with van der Waals surface area (Å²) in [6.45, 7) is 0. The maximum atomic E-state index is 12.0. The highest BCUT2D eigenvalue weighted by atomic mass is 79.9. The summed E-state index contributed by atoms with van der Waals surface area (Å²) in [5.41, 5.74) is 6.43. The van der Waals surface area contributed by atoms with Crippen LogP contribution in [-0.2, 0) is 0 Å². The summed E-state index contributed by atoms with van der Waals surface area (Å²) >= 11 is 12.5. The molecule has 0 fully saturated rings. The van der Waals surface area contributed by atoms with Gasteiger partial charge in [-0.3, -0.25) is 9.89 Å². The number of carbonyl (C=O) groups excluding carboxylic acids is 1. The van der Waals surface area contributed by atoms with Gasteiger partial charge in [0.15, 0.2) is 0 Å². The third kappa shape index (κ3) is 2.68. The Labute approximate surface area is 124 Å². The second-order valence-electron chi connectivity index (χ2n) is 3.40. The number of hydrogen-bond acceptors (Lipinski definition) is 3. The number of amides is 1. The average Bonchev–Trinajstić information content (AvgIpc) is 2.69. The molecule has 0 saturated heterocycles. The van der Waals surface area contributed by atoms with E-state index in [2.05, 4.69) is 47.4 Å². The minimum atomic E-state index is -0.357. The zero-order valence-electron chi connectivity index (χ0n) is 8.80.